The van der Waals surface area contributed by atoms with E-state index < -0.39 is 5.60 Å². The van der Waals surface area contributed by atoms with Gasteiger partial charge >= 0.3 is 6.09 Å². The molecule has 0 radical (unpaired) electrons. The molecular formula is C22H33N5O3. The highest BCUT2D eigenvalue weighted by atomic mass is 16.6. The van der Waals surface area contributed by atoms with Crippen molar-refractivity contribution in [1.29, 1.82) is 0 Å². The molecular weight excluding hydrogens is 382 g/mol. The zero-order chi connectivity index (χ0) is 21.9. The number of carbonyl (C=O) groups is 1. The van der Waals surface area contributed by atoms with Gasteiger partial charge in [0.2, 0.25) is 0 Å². The summed E-state index contributed by atoms with van der Waals surface area (Å²) in [5.41, 5.74) is 7.13. The number of ether oxygens (including phenoxy) is 2. The zero-order valence-electron chi connectivity index (χ0n) is 18.5. The van der Waals surface area contributed by atoms with Gasteiger partial charge in [-0.15, -0.1) is 0 Å². The third-order valence-electron chi connectivity index (χ3n) is 4.98. The normalized spacial score (nSPS) is 19.6. The predicted molar refractivity (Wildman–Crippen MR) is 118 cm³/mol. The maximum absolute atomic E-state index is 12.7. The summed E-state index contributed by atoms with van der Waals surface area (Å²) in [5.74, 6) is 0.743. The molecule has 2 heterocycles. The maximum Gasteiger partial charge on any atom is 0.410 e. The highest BCUT2D eigenvalue weighted by Gasteiger charge is 2.36. The Balaban J connectivity index is 1.71. The summed E-state index contributed by atoms with van der Waals surface area (Å²) in [6.45, 7) is 12.3. The van der Waals surface area contributed by atoms with Crippen molar-refractivity contribution in [2.75, 3.05) is 30.3 Å². The molecule has 1 amide bonds. The number of nitrogens with two attached hydrogens (primary N) is 1. The van der Waals surface area contributed by atoms with Crippen LogP contribution < -0.4 is 15.4 Å². The Morgan fingerprint density at radius 3 is 2.53 bits per heavy atom. The van der Waals surface area contributed by atoms with Crippen molar-refractivity contribution in [3.8, 4) is 5.75 Å². The van der Waals surface area contributed by atoms with Crippen LogP contribution in [0.1, 0.15) is 34.6 Å². The van der Waals surface area contributed by atoms with E-state index >= 15 is 0 Å². The number of nitrogen functional groups attached to an aromatic ring is 1. The Morgan fingerprint density at radius 1 is 1.23 bits per heavy atom. The highest BCUT2D eigenvalue weighted by molar-refractivity contribution is 5.70. The van der Waals surface area contributed by atoms with Crippen molar-refractivity contribution in [2.24, 2.45) is 0 Å². The van der Waals surface area contributed by atoms with Crippen LogP contribution in [0, 0.1) is 0 Å². The molecule has 30 heavy (non-hydrogen) atoms. The van der Waals surface area contributed by atoms with E-state index in [4.69, 9.17) is 15.2 Å². The fraction of sp³-hybridized carbons (Fsp3) is 0.545. The molecule has 2 atom stereocenters. The predicted octanol–water partition coefficient (Wildman–Crippen LogP) is 3.38. The van der Waals surface area contributed by atoms with E-state index in [1.165, 1.54) is 0 Å². The van der Waals surface area contributed by atoms with Crippen LogP contribution in [-0.4, -0.2) is 58.2 Å². The Bertz CT molecular complexity index is 835. The quantitative estimate of drug-likeness (QED) is 0.754. The second-order valence-electron chi connectivity index (χ2n) is 8.84. The minimum Gasteiger partial charge on any atom is -0.489 e. The summed E-state index contributed by atoms with van der Waals surface area (Å²) in [6.07, 6.45) is 3.39. The van der Waals surface area contributed by atoms with Crippen molar-refractivity contribution < 1.29 is 14.3 Å². The topological polar surface area (TPSA) is 85.9 Å². The van der Waals surface area contributed by atoms with Crippen LogP contribution in [-0.2, 0) is 11.3 Å². The van der Waals surface area contributed by atoms with Crippen molar-refractivity contribution in [2.45, 2.75) is 58.8 Å². The number of nitrogens with zero attached hydrogens (tertiary/aromatic N) is 4. The molecule has 1 aromatic heterocycles. The maximum atomic E-state index is 12.7. The molecule has 0 spiro atoms. The molecule has 2 N–H and O–H groups in total. The highest BCUT2D eigenvalue weighted by Crippen LogP contribution is 2.33. The van der Waals surface area contributed by atoms with Gasteiger partial charge in [0.15, 0.2) is 0 Å². The molecule has 0 bridgehead atoms. The number of carbonyl (C=O) groups excluding carboxylic acids is 1. The summed E-state index contributed by atoms with van der Waals surface area (Å²) in [6, 6.07) is 7.61. The Morgan fingerprint density at radius 2 is 1.93 bits per heavy atom. The SMILES string of the molecule is C[C@@H]1CN(c2ccc(N)cc2OCCn2cccn2)C[C@H](C)N1C(=O)OC(C)(C)C. The largest absolute Gasteiger partial charge is 0.489 e. The fourth-order valence-corrected chi connectivity index (χ4v) is 3.78. The lowest BCUT2D eigenvalue weighted by atomic mass is 10.1. The Hall–Kier alpha value is -2.90. The van der Waals surface area contributed by atoms with Gasteiger partial charge in [-0.25, -0.2) is 4.79 Å². The van der Waals surface area contributed by atoms with Gasteiger partial charge in [0.1, 0.15) is 18.0 Å². The second kappa shape index (κ2) is 8.85. The van der Waals surface area contributed by atoms with Crippen LogP contribution in [0.2, 0.25) is 0 Å². The first-order valence-electron chi connectivity index (χ1n) is 10.4. The third kappa shape index (κ3) is 5.37. The molecule has 1 saturated heterocycles. The number of hydrogen-bond acceptors (Lipinski definition) is 6. The van der Waals surface area contributed by atoms with E-state index in [1.807, 2.05) is 74.7 Å². The van der Waals surface area contributed by atoms with Crippen LogP contribution in [0.15, 0.2) is 36.7 Å². The van der Waals surface area contributed by atoms with Crippen molar-refractivity contribution in [1.82, 2.24) is 14.7 Å². The van der Waals surface area contributed by atoms with Gasteiger partial charge in [0.05, 0.1) is 24.3 Å². The molecule has 164 valence electrons. The van der Waals surface area contributed by atoms with Crippen LogP contribution in [0.4, 0.5) is 16.2 Å². The number of anilines is 2. The third-order valence-corrected chi connectivity index (χ3v) is 4.98. The van der Waals surface area contributed by atoms with Crippen molar-refractivity contribution in [3.63, 3.8) is 0 Å². The molecule has 8 heteroatoms. The van der Waals surface area contributed by atoms with Gasteiger partial charge in [-0.3, -0.25) is 9.58 Å². The lowest BCUT2D eigenvalue weighted by Gasteiger charge is -2.45. The molecule has 0 aliphatic carbocycles. The monoisotopic (exact) mass is 415 g/mol. The van der Waals surface area contributed by atoms with Gasteiger partial charge in [0, 0.05) is 37.2 Å². The fourth-order valence-electron chi connectivity index (χ4n) is 3.78. The zero-order valence-corrected chi connectivity index (χ0v) is 18.5. The molecule has 1 aliphatic heterocycles. The molecule has 2 aromatic rings. The molecule has 0 unspecified atom stereocenters. The Labute approximate surface area is 178 Å². The average molecular weight is 416 g/mol. The lowest BCUT2D eigenvalue weighted by molar-refractivity contribution is 0.00564. The van der Waals surface area contributed by atoms with E-state index in [2.05, 4.69) is 10.00 Å². The van der Waals surface area contributed by atoms with Crippen molar-refractivity contribution in [3.05, 3.63) is 36.7 Å². The smallest absolute Gasteiger partial charge is 0.410 e. The van der Waals surface area contributed by atoms with Crippen LogP contribution in [0.5, 0.6) is 5.75 Å². The van der Waals surface area contributed by atoms with Gasteiger partial charge in [-0.2, -0.15) is 5.10 Å². The molecule has 0 saturated carbocycles. The number of piperazine rings is 1. The standard InChI is InChI=1S/C22H33N5O3/c1-16-14-25(15-17(2)27(16)21(28)30-22(3,4)5)19-8-7-18(23)13-20(19)29-12-11-26-10-6-9-24-26/h6-10,13,16-17H,11-12,14-15,23H2,1-5H3/t16-,17+. The van der Waals surface area contributed by atoms with Crippen LogP contribution >= 0.6 is 0 Å². The number of benzene rings is 1. The lowest BCUT2D eigenvalue weighted by Crippen LogP contribution is -2.59. The molecule has 1 aliphatic rings. The average Bonchev–Trinajstić information content (AvgIpc) is 3.13. The molecule has 1 fully saturated rings. The van der Waals surface area contributed by atoms with Crippen LogP contribution in [0.25, 0.3) is 0 Å². The van der Waals surface area contributed by atoms with Gasteiger partial charge < -0.3 is 20.1 Å². The van der Waals surface area contributed by atoms with Gasteiger partial charge in [-0.1, -0.05) is 0 Å². The van der Waals surface area contributed by atoms with E-state index in [1.54, 1.807) is 6.20 Å². The van der Waals surface area contributed by atoms with E-state index in [-0.39, 0.29) is 18.2 Å². The van der Waals surface area contributed by atoms with Gasteiger partial charge in [-0.05, 0) is 52.8 Å². The first-order chi connectivity index (χ1) is 14.1. The molecule has 8 nitrogen and oxygen atoms in total. The summed E-state index contributed by atoms with van der Waals surface area (Å²) in [5, 5.41) is 4.20. The van der Waals surface area contributed by atoms with Crippen molar-refractivity contribution >= 4 is 17.5 Å². The molecule has 1 aromatic carbocycles. The summed E-state index contributed by atoms with van der Waals surface area (Å²) in [7, 11) is 0. The van der Waals surface area contributed by atoms with Gasteiger partial charge in [0.25, 0.3) is 0 Å². The minimum absolute atomic E-state index is 0.00178. The molecule has 3 rings (SSSR count). The number of amides is 1. The first-order valence-corrected chi connectivity index (χ1v) is 10.4. The second-order valence-corrected chi connectivity index (χ2v) is 8.84. The Kier molecular flexibility index (Phi) is 6.43. The first kappa shape index (κ1) is 21.8. The number of aromatic nitrogens is 2. The summed E-state index contributed by atoms with van der Waals surface area (Å²) in [4.78, 5) is 16.8. The van der Waals surface area contributed by atoms with E-state index in [9.17, 15) is 4.79 Å². The number of hydrogen-bond donors (Lipinski definition) is 1. The number of rotatable bonds is 5. The summed E-state index contributed by atoms with van der Waals surface area (Å²) >= 11 is 0. The van der Waals surface area contributed by atoms with Crippen LogP contribution in [0.3, 0.4) is 0 Å². The van der Waals surface area contributed by atoms with E-state index in [0.29, 0.717) is 31.9 Å². The minimum atomic E-state index is -0.514. The van der Waals surface area contributed by atoms with E-state index in [0.717, 1.165) is 11.4 Å². The summed E-state index contributed by atoms with van der Waals surface area (Å²) < 4.78 is 13.5.